The van der Waals surface area contributed by atoms with Gasteiger partial charge in [-0.05, 0) is 31.9 Å². The van der Waals surface area contributed by atoms with E-state index in [1.54, 1.807) is 13.3 Å². The fraction of sp³-hybridized carbons (Fsp3) is 0.615. The fourth-order valence-corrected chi connectivity index (χ4v) is 2.65. The lowest BCUT2D eigenvalue weighted by molar-refractivity contribution is 0.0681. The lowest BCUT2D eigenvalue weighted by Gasteiger charge is -2.28. The summed E-state index contributed by atoms with van der Waals surface area (Å²) in [5.41, 5.74) is 0.520. The van der Waals surface area contributed by atoms with Crippen molar-refractivity contribution in [3.63, 3.8) is 0 Å². The molecule has 1 heterocycles. The highest BCUT2D eigenvalue weighted by molar-refractivity contribution is 7.98. The van der Waals surface area contributed by atoms with E-state index in [9.17, 15) is 4.79 Å². The normalized spacial score (nSPS) is 23.1. The lowest BCUT2D eigenvalue weighted by Crippen LogP contribution is -2.30. The predicted octanol–water partition coefficient (Wildman–Crippen LogP) is 2.38. The van der Waals surface area contributed by atoms with Gasteiger partial charge in [0.25, 0.3) is 0 Å². The van der Waals surface area contributed by atoms with Crippen molar-refractivity contribution < 1.29 is 9.53 Å². The van der Waals surface area contributed by atoms with Crippen molar-refractivity contribution in [2.24, 2.45) is 0 Å². The summed E-state index contributed by atoms with van der Waals surface area (Å²) in [7, 11) is 1.76. The Morgan fingerprint density at radius 3 is 2.74 bits per heavy atom. The van der Waals surface area contributed by atoms with Crippen molar-refractivity contribution in [3.8, 4) is 0 Å². The van der Waals surface area contributed by atoms with Gasteiger partial charge >= 0.3 is 0 Å². The van der Waals surface area contributed by atoms with Gasteiger partial charge in [0.15, 0.2) is 11.4 Å². The SMILES string of the molecule is COC1CCC(Nc2nc(SC)ncc2C=O)CC1. The zero-order chi connectivity index (χ0) is 13.7. The first kappa shape index (κ1) is 14.3. The molecule has 0 aromatic carbocycles. The Hall–Kier alpha value is -1.14. The van der Waals surface area contributed by atoms with Crippen molar-refractivity contribution in [1.29, 1.82) is 0 Å². The van der Waals surface area contributed by atoms with E-state index in [0.29, 0.717) is 28.7 Å². The summed E-state index contributed by atoms with van der Waals surface area (Å²) in [5, 5.41) is 4.05. The Bertz CT molecular complexity index is 434. The van der Waals surface area contributed by atoms with E-state index in [1.165, 1.54) is 11.8 Å². The molecule has 0 atom stereocenters. The van der Waals surface area contributed by atoms with E-state index in [2.05, 4.69) is 15.3 Å². The smallest absolute Gasteiger partial charge is 0.189 e. The number of hydrogen-bond donors (Lipinski definition) is 1. The lowest BCUT2D eigenvalue weighted by atomic mass is 9.93. The number of carbonyl (C=O) groups excluding carboxylic acids is 1. The third-order valence-electron chi connectivity index (χ3n) is 3.45. The fourth-order valence-electron chi connectivity index (χ4n) is 2.31. The van der Waals surface area contributed by atoms with E-state index < -0.39 is 0 Å². The molecule has 1 fully saturated rings. The van der Waals surface area contributed by atoms with E-state index >= 15 is 0 Å². The van der Waals surface area contributed by atoms with Crippen molar-refractivity contribution in [3.05, 3.63) is 11.8 Å². The molecular weight excluding hydrogens is 262 g/mol. The summed E-state index contributed by atoms with van der Waals surface area (Å²) >= 11 is 1.47. The number of aldehydes is 1. The van der Waals surface area contributed by atoms with Gasteiger partial charge in [-0.25, -0.2) is 9.97 Å². The molecule has 5 nitrogen and oxygen atoms in total. The summed E-state index contributed by atoms with van der Waals surface area (Å²) in [6.45, 7) is 0. The zero-order valence-electron chi connectivity index (χ0n) is 11.3. The number of carbonyl (C=O) groups is 1. The Labute approximate surface area is 117 Å². The first-order valence-electron chi connectivity index (χ1n) is 6.42. The minimum absolute atomic E-state index is 0.356. The highest BCUT2D eigenvalue weighted by Gasteiger charge is 2.21. The Morgan fingerprint density at radius 2 is 2.16 bits per heavy atom. The standard InChI is InChI=1S/C13H19N3O2S/c1-18-11-5-3-10(4-6-11)15-12-9(8-17)7-14-13(16-12)19-2/h7-8,10-11H,3-6H2,1-2H3,(H,14,15,16). The number of nitrogens with one attached hydrogen (secondary N) is 1. The average molecular weight is 281 g/mol. The van der Waals surface area contributed by atoms with Crippen LogP contribution in [0.1, 0.15) is 36.0 Å². The number of nitrogens with zero attached hydrogens (tertiary/aromatic N) is 2. The van der Waals surface area contributed by atoms with Crippen LogP contribution >= 0.6 is 11.8 Å². The second kappa shape index (κ2) is 6.86. The number of thioether (sulfide) groups is 1. The van der Waals surface area contributed by atoms with Crippen molar-refractivity contribution in [2.45, 2.75) is 43.0 Å². The van der Waals surface area contributed by atoms with E-state index in [-0.39, 0.29) is 0 Å². The van der Waals surface area contributed by atoms with Gasteiger partial charge in [0.1, 0.15) is 5.82 Å². The summed E-state index contributed by atoms with van der Waals surface area (Å²) in [6, 6.07) is 0.356. The van der Waals surface area contributed by atoms with E-state index in [4.69, 9.17) is 4.74 Å². The molecule has 1 aliphatic carbocycles. The van der Waals surface area contributed by atoms with Gasteiger partial charge in [-0.3, -0.25) is 4.79 Å². The van der Waals surface area contributed by atoms with Gasteiger partial charge in [-0.2, -0.15) is 0 Å². The van der Waals surface area contributed by atoms with Gasteiger partial charge in [0.05, 0.1) is 11.7 Å². The number of aromatic nitrogens is 2. The molecule has 0 unspecified atom stereocenters. The van der Waals surface area contributed by atoms with Crippen LogP contribution < -0.4 is 5.32 Å². The van der Waals surface area contributed by atoms with E-state index in [1.807, 2.05) is 6.26 Å². The molecule has 1 saturated carbocycles. The minimum Gasteiger partial charge on any atom is -0.381 e. The van der Waals surface area contributed by atoms with Crippen molar-refractivity contribution in [2.75, 3.05) is 18.7 Å². The summed E-state index contributed by atoms with van der Waals surface area (Å²) < 4.78 is 5.36. The molecular formula is C13H19N3O2S. The van der Waals surface area contributed by atoms with Crippen LogP contribution in [-0.2, 0) is 4.74 Å². The molecule has 0 aliphatic heterocycles. The maximum atomic E-state index is 11.0. The van der Waals surface area contributed by atoms with Crippen molar-refractivity contribution >= 4 is 23.9 Å². The number of ether oxygens (including phenoxy) is 1. The van der Waals surface area contributed by atoms with Gasteiger partial charge in [-0.1, -0.05) is 11.8 Å². The van der Waals surface area contributed by atoms with Gasteiger partial charge in [0.2, 0.25) is 0 Å². The Morgan fingerprint density at radius 1 is 1.42 bits per heavy atom. The summed E-state index contributed by atoms with van der Waals surface area (Å²) in [5.74, 6) is 0.648. The Balaban J connectivity index is 2.04. The number of hydrogen-bond acceptors (Lipinski definition) is 6. The molecule has 0 saturated heterocycles. The molecule has 0 amide bonds. The second-order valence-electron chi connectivity index (χ2n) is 4.63. The topological polar surface area (TPSA) is 64.1 Å². The largest absolute Gasteiger partial charge is 0.381 e. The highest BCUT2D eigenvalue weighted by atomic mass is 32.2. The molecule has 6 heteroatoms. The number of anilines is 1. The van der Waals surface area contributed by atoms with Gasteiger partial charge in [-0.15, -0.1) is 0 Å². The molecule has 2 rings (SSSR count). The maximum Gasteiger partial charge on any atom is 0.189 e. The molecule has 1 aromatic heterocycles. The van der Waals surface area contributed by atoms with Crippen LogP contribution in [0, 0.1) is 0 Å². The van der Waals surface area contributed by atoms with E-state index in [0.717, 1.165) is 32.0 Å². The minimum atomic E-state index is 0.356. The molecule has 104 valence electrons. The molecule has 1 aliphatic rings. The Kier molecular flexibility index (Phi) is 5.15. The third-order valence-corrected chi connectivity index (χ3v) is 4.01. The second-order valence-corrected chi connectivity index (χ2v) is 5.41. The molecule has 1 N–H and O–H groups in total. The monoisotopic (exact) mass is 281 g/mol. The first-order chi connectivity index (χ1) is 9.26. The third kappa shape index (κ3) is 3.67. The van der Waals surface area contributed by atoms with Crippen LogP contribution in [0.2, 0.25) is 0 Å². The quantitative estimate of drug-likeness (QED) is 0.508. The first-order valence-corrected chi connectivity index (χ1v) is 7.64. The molecule has 0 spiro atoms. The number of rotatable bonds is 5. The van der Waals surface area contributed by atoms with Crippen molar-refractivity contribution in [1.82, 2.24) is 9.97 Å². The molecule has 0 radical (unpaired) electrons. The average Bonchev–Trinajstić information content (AvgIpc) is 2.48. The number of methoxy groups -OCH3 is 1. The maximum absolute atomic E-state index is 11.0. The summed E-state index contributed by atoms with van der Waals surface area (Å²) in [6.07, 6.45) is 8.84. The molecule has 0 bridgehead atoms. The molecule has 19 heavy (non-hydrogen) atoms. The molecule has 1 aromatic rings. The van der Waals surface area contributed by atoms with Crippen LogP contribution in [-0.4, -0.2) is 41.8 Å². The zero-order valence-corrected chi connectivity index (χ0v) is 12.1. The summed E-state index contributed by atoms with van der Waals surface area (Å²) in [4.78, 5) is 19.5. The van der Waals surface area contributed by atoms with Crippen LogP contribution in [0.5, 0.6) is 0 Å². The van der Waals surface area contributed by atoms with Crippen LogP contribution in [0.4, 0.5) is 5.82 Å². The predicted molar refractivity (Wildman–Crippen MR) is 75.9 cm³/mol. The van der Waals surface area contributed by atoms with Gasteiger partial charge in [0, 0.05) is 19.3 Å². The van der Waals surface area contributed by atoms with Crippen LogP contribution in [0.3, 0.4) is 0 Å². The van der Waals surface area contributed by atoms with Crippen LogP contribution in [0.25, 0.3) is 0 Å². The van der Waals surface area contributed by atoms with Gasteiger partial charge < -0.3 is 10.1 Å². The van der Waals surface area contributed by atoms with Crippen LogP contribution in [0.15, 0.2) is 11.4 Å². The highest BCUT2D eigenvalue weighted by Crippen LogP contribution is 2.24.